The van der Waals surface area contributed by atoms with Crippen LogP contribution in [-0.4, -0.2) is 28.7 Å². The topological polar surface area (TPSA) is 35.8 Å². The van der Waals surface area contributed by atoms with Crippen LogP contribution in [0.1, 0.15) is 44.6 Å². The van der Waals surface area contributed by atoms with Gasteiger partial charge in [0, 0.05) is 17.8 Å². The van der Waals surface area contributed by atoms with Crippen molar-refractivity contribution in [2.24, 2.45) is 4.99 Å². The van der Waals surface area contributed by atoms with E-state index in [1.165, 1.54) is 17.0 Å². The van der Waals surface area contributed by atoms with E-state index in [1.807, 2.05) is 12.9 Å². The van der Waals surface area contributed by atoms with Gasteiger partial charge in [-0.15, -0.1) is 0 Å². The van der Waals surface area contributed by atoms with E-state index in [9.17, 15) is 0 Å². The maximum Gasteiger partial charge on any atom is 0.454 e. The van der Waals surface area contributed by atoms with Crippen molar-refractivity contribution in [2.45, 2.75) is 66.0 Å². The molecule has 1 aromatic heterocycles. The second-order valence-corrected chi connectivity index (χ2v) is 8.11. The van der Waals surface area contributed by atoms with Crippen molar-refractivity contribution >= 4 is 18.6 Å². The molecule has 0 unspecified atom stereocenters. The molecule has 138 valence electrons. The van der Waals surface area contributed by atoms with Crippen LogP contribution in [0, 0.1) is 13.8 Å². The quantitative estimate of drug-likeness (QED) is 0.629. The van der Waals surface area contributed by atoms with Gasteiger partial charge in [-0.25, -0.2) is 4.99 Å². The van der Waals surface area contributed by atoms with Crippen LogP contribution < -0.4 is 0 Å². The Morgan fingerprint density at radius 3 is 1.92 bits per heavy atom. The fourth-order valence-corrected chi connectivity index (χ4v) is 3.46. The van der Waals surface area contributed by atoms with Crippen molar-refractivity contribution < 1.29 is 9.31 Å². The van der Waals surface area contributed by atoms with Gasteiger partial charge in [0.2, 0.25) is 0 Å². The number of hydrogen-bond donors (Lipinski definition) is 0. The van der Waals surface area contributed by atoms with Crippen LogP contribution in [0.5, 0.6) is 0 Å². The third-order valence-corrected chi connectivity index (χ3v) is 5.49. The molecule has 1 aromatic carbocycles. The molecule has 2 aliphatic rings. The van der Waals surface area contributed by atoms with E-state index in [1.54, 1.807) is 0 Å². The number of hydrogen-bond acceptors (Lipinski definition) is 3. The Kier molecular flexibility index (Phi) is 4.89. The van der Waals surface area contributed by atoms with Crippen molar-refractivity contribution in [1.82, 2.24) is 4.57 Å². The first kappa shape index (κ1) is 18.9. The summed E-state index contributed by atoms with van der Waals surface area (Å²) in [6.07, 6.45) is 0.937. The number of nitrogens with zero attached hydrogens (tertiary/aromatic N) is 2. The summed E-state index contributed by atoms with van der Waals surface area (Å²) in [5.74, 6) is 1.14. The molecule has 2 aromatic rings. The highest BCUT2D eigenvalue weighted by Crippen LogP contribution is 2.36. The van der Waals surface area contributed by atoms with Crippen molar-refractivity contribution in [3.05, 3.63) is 53.3 Å². The lowest BCUT2D eigenvalue weighted by atomic mass is 9.90. The van der Waals surface area contributed by atoms with E-state index < -0.39 is 0 Å². The second kappa shape index (κ2) is 6.71. The second-order valence-electron chi connectivity index (χ2n) is 8.11. The zero-order chi connectivity index (χ0) is 19.1. The van der Waals surface area contributed by atoms with Crippen LogP contribution in [0.25, 0.3) is 0 Å². The van der Waals surface area contributed by atoms with Gasteiger partial charge in [-0.1, -0.05) is 18.2 Å². The third kappa shape index (κ3) is 3.51. The van der Waals surface area contributed by atoms with Gasteiger partial charge < -0.3 is 13.9 Å². The zero-order valence-corrected chi connectivity index (χ0v) is 17.0. The molecule has 0 aliphatic carbocycles. The first-order valence-corrected chi connectivity index (χ1v) is 9.27. The maximum atomic E-state index is 5.54. The van der Waals surface area contributed by atoms with E-state index in [0.717, 1.165) is 17.9 Å². The predicted molar refractivity (Wildman–Crippen MR) is 108 cm³/mol. The number of aliphatic imine (C=N–C) groups is 1. The van der Waals surface area contributed by atoms with Crippen LogP contribution in [0.4, 0.5) is 5.69 Å². The van der Waals surface area contributed by atoms with E-state index >= 15 is 0 Å². The van der Waals surface area contributed by atoms with E-state index in [2.05, 4.69) is 76.4 Å². The van der Waals surface area contributed by atoms with Crippen molar-refractivity contribution in [1.29, 1.82) is 0 Å². The van der Waals surface area contributed by atoms with Gasteiger partial charge in [-0.3, -0.25) is 0 Å². The van der Waals surface area contributed by atoms with Crippen LogP contribution in [0.15, 0.2) is 41.4 Å². The summed E-state index contributed by atoms with van der Waals surface area (Å²) in [7, 11) is -0.0648. The standard InChI is InChI=1S/C14H14N2.C7H15BO2/c1-10-7-8-11(2)16(10)14-9-12-5-3-4-6-13(12)15-14;1-6(2)7(3,4)10-8(5)9-6/h3-8H,9H2,1-2H3;1-5H3. The van der Waals surface area contributed by atoms with Crippen molar-refractivity contribution in [3.8, 4) is 0 Å². The smallest absolute Gasteiger partial charge is 0.403 e. The van der Waals surface area contributed by atoms with Gasteiger partial charge in [0.25, 0.3) is 0 Å². The number of benzene rings is 1. The monoisotopic (exact) mass is 352 g/mol. The number of para-hydroxylation sites is 1. The molecule has 0 bridgehead atoms. The molecule has 0 N–H and O–H groups in total. The lowest BCUT2D eigenvalue weighted by molar-refractivity contribution is 0.00578. The molecule has 5 heteroatoms. The predicted octanol–water partition coefficient (Wildman–Crippen LogP) is 4.95. The van der Waals surface area contributed by atoms with E-state index in [4.69, 9.17) is 14.3 Å². The van der Waals surface area contributed by atoms with Gasteiger partial charge in [0.05, 0.1) is 16.9 Å². The summed E-state index contributed by atoms with van der Waals surface area (Å²) in [5, 5.41) is 0. The molecule has 1 saturated heterocycles. The van der Waals surface area contributed by atoms with Crippen LogP contribution in [0.3, 0.4) is 0 Å². The van der Waals surface area contributed by atoms with E-state index in [0.29, 0.717) is 0 Å². The Morgan fingerprint density at radius 2 is 1.46 bits per heavy atom. The van der Waals surface area contributed by atoms with Crippen molar-refractivity contribution in [2.75, 3.05) is 0 Å². The summed E-state index contributed by atoms with van der Waals surface area (Å²) in [4.78, 5) is 4.70. The maximum absolute atomic E-state index is 5.54. The van der Waals surface area contributed by atoms with Gasteiger partial charge >= 0.3 is 7.12 Å². The summed E-state index contributed by atoms with van der Waals surface area (Å²) >= 11 is 0. The fraction of sp³-hybridized carbons (Fsp3) is 0.476. The van der Waals surface area contributed by atoms with Gasteiger partial charge in [0.15, 0.2) is 0 Å². The molecular weight excluding hydrogens is 323 g/mol. The third-order valence-electron chi connectivity index (χ3n) is 5.49. The Bertz CT molecular complexity index is 801. The lowest BCUT2D eigenvalue weighted by Crippen LogP contribution is -2.41. The number of aromatic nitrogens is 1. The summed E-state index contributed by atoms with van der Waals surface area (Å²) in [5.41, 5.74) is 4.63. The summed E-state index contributed by atoms with van der Waals surface area (Å²) in [6.45, 7) is 14.4. The normalized spacial score (nSPS) is 19.7. The Morgan fingerprint density at radius 1 is 0.923 bits per heavy atom. The highest BCUT2D eigenvalue weighted by atomic mass is 16.7. The minimum Gasteiger partial charge on any atom is -0.403 e. The van der Waals surface area contributed by atoms with Gasteiger partial charge in [-0.2, -0.15) is 0 Å². The minimum atomic E-state index is -0.160. The zero-order valence-electron chi connectivity index (χ0n) is 17.0. The average Bonchev–Trinajstić information content (AvgIpc) is 3.14. The molecule has 0 saturated carbocycles. The van der Waals surface area contributed by atoms with Crippen LogP contribution >= 0.6 is 0 Å². The van der Waals surface area contributed by atoms with Gasteiger partial charge in [0.1, 0.15) is 5.84 Å². The molecule has 0 radical (unpaired) electrons. The first-order valence-electron chi connectivity index (χ1n) is 9.27. The highest BCUT2D eigenvalue weighted by molar-refractivity contribution is 6.43. The molecule has 0 spiro atoms. The average molecular weight is 352 g/mol. The van der Waals surface area contributed by atoms with Crippen LogP contribution in [0.2, 0.25) is 6.82 Å². The number of aryl methyl sites for hydroxylation is 2. The first-order chi connectivity index (χ1) is 12.1. The fourth-order valence-electron chi connectivity index (χ4n) is 3.46. The number of fused-ring (bicyclic) bond motifs is 1. The Balaban J connectivity index is 0.000000170. The molecule has 2 aliphatic heterocycles. The number of rotatable bonds is 0. The molecule has 0 amide bonds. The molecular formula is C21H29BN2O2. The molecule has 0 atom stereocenters. The SMILES string of the molecule is CB1OC(C)(C)C(C)(C)O1.Cc1ccc(C)n1C1=Nc2ccccc2C1. The highest BCUT2D eigenvalue weighted by Gasteiger charge is 2.48. The lowest BCUT2D eigenvalue weighted by Gasteiger charge is -2.32. The molecule has 1 fully saturated rings. The Hall–Kier alpha value is -1.85. The largest absolute Gasteiger partial charge is 0.454 e. The molecule has 3 heterocycles. The minimum absolute atomic E-state index is 0.0648. The summed E-state index contributed by atoms with van der Waals surface area (Å²) in [6, 6.07) is 12.6. The summed E-state index contributed by atoms with van der Waals surface area (Å²) < 4.78 is 13.3. The van der Waals surface area contributed by atoms with Crippen LogP contribution in [-0.2, 0) is 15.7 Å². The van der Waals surface area contributed by atoms with Gasteiger partial charge in [-0.05, 0) is 72.1 Å². The van der Waals surface area contributed by atoms with E-state index in [-0.39, 0.29) is 18.3 Å². The Labute approximate surface area is 157 Å². The molecule has 4 rings (SSSR count). The molecule has 26 heavy (non-hydrogen) atoms. The molecule has 4 nitrogen and oxygen atoms in total. The van der Waals surface area contributed by atoms with Crippen molar-refractivity contribution in [3.63, 3.8) is 0 Å².